The summed E-state index contributed by atoms with van der Waals surface area (Å²) in [5, 5.41) is 0. The molecule has 0 aliphatic rings. The van der Waals surface area contributed by atoms with Gasteiger partial charge in [-0.25, -0.2) is 9.59 Å². The van der Waals surface area contributed by atoms with Gasteiger partial charge in [0.25, 0.3) is 0 Å². The number of para-hydroxylation sites is 1. The van der Waals surface area contributed by atoms with Gasteiger partial charge in [0.15, 0.2) is 0 Å². The minimum atomic E-state index is -0.464. The van der Waals surface area contributed by atoms with E-state index in [4.69, 9.17) is 9.15 Å². The average Bonchev–Trinajstić information content (AvgIpc) is 2.78. The van der Waals surface area contributed by atoms with Gasteiger partial charge in [0.05, 0.1) is 10.3 Å². The van der Waals surface area contributed by atoms with Gasteiger partial charge in [-0.05, 0) is 30.3 Å². The van der Waals surface area contributed by atoms with Gasteiger partial charge in [0.1, 0.15) is 11.3 Å². The first kappa shape index (κ1) is 11.7. The molecule has 0 saturated heterocycles. The van der Waals surface area contributed by atoms with Crippen molar-refractivity contribution < 1.29 is 13.9 Å². The van der Waals surface area contributed by atoms with Crippen LogP contribution in [0, 0.1) is 0 Å². The number of hydrogen-bond acceptors (Lipinski definition) is 5. The first-order chi connectivity index (χ1) is 9.22. The van der Waals surface area contributed by atoms with Crippen LogP contribution in [0.5, 0.6) is 5.75 Å². The van der Waals surface area contributed by atoms with Crippen LogP contribution in [0.25, 0.3) is 10.3 Å². The van der Waals surface area contributed by atoms with Crippen molar-refractivity contribution in [2.24, 2.45) is 0 Å². The van der Waals surface area contributed by atoms with Crippen LogP contribution in [0.3, 0.4) is 0 Å². The van der Waals surface area contributed by atoms with Crippen molar-refractivity contribution in [3.8, 4) is 5.75 Å². The molecular formula is C14H8O4S. The molecule has 0 unspecified atom stereocenters. The Morgan fingerprint density at radius 3 is 2.68 bits per heavy atom. The van der Waals surface area contributed by atoms with E-state index in [1.165, 1.54) is 0 Å². The molecule has 1 heterocycles. The van der Waals surface area contributed by atoms with Crippen molar-refractivity contribution in [1.82, 2.24) is 0 Å². The molecule has 94 valence electrons. The van der Waals surface area contributed by atoms with E-state index in [0.29, 0.717) is 21.6 Å². The number of ether oxygens (including phenoxy) is 1. The molecule has 0 amide bonds. The molecule has 0 N–H and O–H groups in total. The van der Waals surface area contributed by atoms with E-state index in [1.54, 1.807) is 42.5 Å². The molecule has 0 radical (unpaired) electrons. The molecule has 1 aromatic heterocycles. The standard InChI is InChI=1S/C14H8O4S/c15-13(17-10-4-2-1-3-5-10)9-6-7-11-12(8-9)19-14(16)18-11/h1-8H. The molecule has 2 aromatic carbocycles. The molecule has 0 atom stereocenters. The zero-order chi connectivity index (χ0) is 13.2. The van der Waals surface area contributed by atoms with E-state index in [2.05, 4.69) is 0 Å². The normalized spacial score (nSPS) is 10.5. The van der Waals surface area contributed by atoms with Crippen molar-refractivity contribution >= 4 is 27.6 Å². The summed E-state index contributed by atoms with van der Waals surface area (Å²) in [6, 6.07) is 13.6. The second kappa shape index (κ2) is 4.70. The Bertz CT molecular complexity index is 786. The van der Waals surface area contributed by atoms with Gasteiger partial charge in [-0.2, -0.15) is 0 Å². The van der Waals surface area contributed by atoms with E-state index in [1.807, 2.05) is 6.07 Å². The van der Waals surface area contributed by atoms with Gasteiger partial charge in [0, 0.05) is 0 Å². The lowest BCUT2D eigenvalue weighted by Gasteiger charge is -2.03. The van der Waals surface area contributed by atoms with Crippen molar-refractivity contribution in [3.63, 3.8) is 0 Å². The van der Waals surface area contributed by atoms with Gasteiger partial charge >= 0.3 is 10.9 Å². The Kier molecular flexibility index (Phi) is 2.89. The summed E-state index contributed by atoms with van der Waals surface area (Å²) in [5.41, 5.74) is 0.861. The van der Waals surface area contributed by atoms with E-state index < -0.39 is 5.97 Å². The number of esters is 1. The Morgan fingerprint density at radius 1 is 1.11 bits per heavy atom. The largest absolute Gasteiger partial charge is 0.423 e. The van der Waals surface area contributed by atoms with Gasteiger partial charge in [-0.3, -0.25) is 0 Å². The summed E-state index contributed by atoms with van der Waals surface area (Å²) in [5.74, 6) is 0.0157. The lowest BCUT2D eigenvalue weighted by molar-refractivity contribution is 0.0735. The van der Waals surface area contributed by atoms with Crippen molar-refractivity contribution in [2.45, 2.75) is 0 Å². The highest BCUT2D eigenvalue weighted by Gasteiger charge is 2.11. The Hall–Kier alpha value is -2.40. The zero-order valence-corrected chi connectivity index (χ0v) is 10.5. The SMILES string of the molecule is O=C(Oc1ccccc1)c1ccc2oc(=O)sc2c1. The van der Waals surface area contributed by atoms with Crippen LogP contribution in [0.2, 0.25) is 0 Å². The highest BCUT2D eigenvalue weighted by Crippen LogP contribution is 2.20. The third-order valence-corrected chi connectivity index (χ3v) is 3.31. The second-order valence-electron chi connectivity index (χ2n) is 3.82. The highest BCUT2D eigenvalue weighted by atomic mass is 32.1. The molecule has 0 aliphatic heterocycles. The summed E-state index contributed by atoms with van der Waals surface area (Å²) >= 11 is 0.960. The van der Waals surface area contributed by atoms with Gasteiger partial charge < -0.3 is 9.15 Å². The van der Waals surface area contributed by atoms with E-state index >= 15 is 0 Å². The first-order valence-electron chi connectivity index (χ1n) is 5.53. The molecule has 0 bridgehead atoms. The van der Waals surface area contributed by atoms with Gasteiger partial charge in [-0.15, -0.1) is 0 Å². The number of carbonyl (C=O) groups is 1. The van der Waals surface area contributed by atoms with Crippen LogP contribution < -0.4 is 9.68 Å². The number of rotatable bonds is 2. The fourth-order valence-electron chi connectivity index (χ4n) is 1.65. The maximum atomic E-state index is 11.9. The molecule has 3 rings (SSSR count). The highest BCUT2D eigenvalue weighted by molar-refractivity contribution is 7.16. The van der Waals surface area contributed by atoms with Crippen LogP contribution >= 0.6 is 11.3 Å². The molecule has 0 fully saturated rings. The van der Waals surface area contributed by atoms with Crippen molar-refractivity contribution in [3.05, 3.63) is 63.8 Å². The first-order valence-corrected chi connectivity index (χ1v) is 6.35. The minimum Gasteiger partial charge on any atom is -0.423 e. The van der Waals surface area contributed by atoms with E-state index in [9.17, 15) is 9.59 Å². The second-order valence-corrected chi connectivity index (χ2v) is 4.80. The van der Waals surface area contributed by atoms with Crippen LogP contribution in [-0.2, 0) is 0 Å². The molecular weight excluding hydrogens is 264 g/mol. The van der Waals surface area contributed by atoms with Crippen LogP contribution in [-0.4, -0.2) is 5.97 Å². The lowest BCUT2D eigenvalue weighted by atomic mass is 10.2. The summed E-state index contributed by atoms with van der Waals surface area (Å²) in [4.78, 5) is 22.6. The summed E-state index contributed by atoms with van der Waals surface area (Å²) < 4.78 is 10.8. The third kappa shape index (κ3) is 2.41. The predicted octanol–water partition coefficient (Wildman–Crippen LogP) is 3.07. The van der Waals surface area contributed by atoms with Crippen LogP contribution in [0.1, 0.15) is 10.4 Å². The van der Waals surface area contributed by atoms with Gasteiger partial charge in [0.2, 0.25) is 0 Å². The zero-order valence-electron chi connectivity index (χ0n) is 9.66. The minimum absolute atomic E-state index is 0.383. The smallest absolute Gasteiger partial charge is 0.396 e. The quantitative estimate of drug-likeness (QED) is 0.531. The number of fused-ring (bicyclic) bond motifs is 1. The van der Waals surface area contributed by atoms with E-state index in [-0.39, 0.29) is 4.94 Å². The number of benzene rings is 2. The molecule has 4 nitrogen and oxygen atoms in total. The Labute approximate surface area is 111 Å². The third-order valence-electron chi connectivity index (χ3n) is 2.52. The molecule has 3 aromatic rings. The fourth-order valence-corrected chi connectivity index (χ4v) is 2.36. The average molecular weight is 272 g/mol. The van der Waals surface area contributed by atoms with Crippen molar-refractivity contribution in [1.29, 1.82) is 0 Å². The van der Waals surface area contributed by atoms with Crippen molar-refractivity contribution in [2.75, 3.05) is 0 Å². The summed E-state index contributed by atoms with van der Waals surface area (Å²) in [7, 11) is 0. The summed E-state index contributed by atoms with van der Waals surface area (Å²) in [6.45, 7) is 0. The predicted molar refractivity (Wildman–Crippen MR) is 71.8 cm³/mol. The maximum Gasteiger partial charge on any atom is 0.396 e. The number of carbonyl (C=O) groups excluding carboxylic acids is 1. The molecule has 0 aliphatic carbocycles. The maximum absolute atomic E-state index is 11.9. The number of hydrogen-bond donors (Lipinski definition) is 0. The molecule has 5 heteroatoms. The topological polar surface area (TPSA) is 56.5 Å². The monoisotopic (exact) mass is 272 g/mol. The Morgan fingerprint density at radius 2 is 1.89 bits per heavy atom. The molecule has 0 saturated carbocycles. The van der Waals surface area contributed by atoms with Crippen LogP contribution in [0.15, 0.2) is 57.7 Å². The summed E-state index contributed by atoms with van der Waals surface area (Å²) in [6.07, 6.45) is 0. The van der Waals surface area contributed by atoms with Crippen LogP contribution in [0.4, 0.5) is 0 Å². The molecule has 19 heavy (non-hydrogen) atoms. The lowest BCUT2D eigenvalue weighted by Crippen LogP contribution is -2.07. The fraction of sp³-hybridized carbons (Fsp3) is 0. The van der Waals surface area contributed by atoms with Gasteiger partial charge in [-0.1, -0.05) is 29.5 Å². The van der Waals surface area contributed by atoms with E-state index in [0.717, 1.165) is 11.3 Å². The molecule has 0 spiro atoms. The Balaban J connectivity index is 1.91.